The Kier molecular flexibility index (Phi) is 5.06. The first-order valence-electron chi connectivity index (χ1n) is 9.06. The van der Waals surface area contributed by atoms with Crippen molar-refractivity contribution in [3.05, 3.63) is 50.1 Å². The maximum Gasteiger partial charge on any atom is 0.260 e. The van der Waals surface area contributed by atoms with Gasteiger partial charge in [0.1, 0.15) is 4.83 Å². The first kappa shape index (κ1) is 18.3. The summed E-state index contributed by atoms with van der Waals surface area (Å²) in [6.45, 7) is 4.06. The molecule has 7 heteroatoms. The average Bonchev–Trinajstić information content (AvgIpc) is 3.02. The van der Waals surface area contributed by atoms with Gasteiger partial charge in [0.05, 0.1) is 11.1 Å². The number of carbonyl (C=O) groups is 1. The number of carbonyl (C=O) groups excluding carboxylic acids is 1. The van der Waals surface area contributed by atoms with Gasteiger partial charge in [-0.25, -0.2) is 4.98 Å². The minimum atomic E-state index is -0.114. The van der Waals surface area contributed by atoms with E-state index in [2.05, 4.69) is 15.3 Å². The van der Waals surface area contributed by atoms with Gasteiger partial charge >= 0.3 is 0 Å². The monoisotopic (exact) mass is 399 g/mol. The smallest absolute Gasteiger partial charge is 0.260 e. The van der Waals surface area contributed by atoms with Crippen LogP contribution in [0.3, 0.4) is 0 Å². The number of amides is 1. The minimum Gasteiger partial charge on any atom is -0.325 e. The Labute approximate surface area is 165 Å². The van der Waals surface area contributed by atoms with E-state index in [4.69, 9.17) is 0 Å². The normalized spacial score (nSPS) is 13.6. The Bertz CT molecular complexity index is 1080. The van der Waals surface area contributed by atoms with E-state index in [0.717, 1.165) is 40.7 Å². The molecule has 2 heterocycles. The summed E-state index contributed by atoms with van der Waals surface area (Å²) < 4.78 is 0. The fourth-order valence-corrected chi connectivity index (χ4v) is 5.34. The van der Waals surface area contributed by atoms with Crippen LogP contribution in [0.25, 0.3) is 10.2 Å². The fourth-order valence-electron chi connectivity index (χ4n) is 3.36. The van der Waals surface area contributed by atoms with Gasteiger partial charge < -0.3 is 10.3 Å². The van der Waals surface area contributed by atoms with Crippen LogP contribution in [0.4, 0.5) is 5.69 Å². The molecule has 2 aromatic heterocycles. The second-order valence-electron chi connectivity index (χ2n) is 6.90. The van der Waals surface area contributed by atoms with Crippen LogP contribution in [0.1, 0.15) is 34.4 Å². The number of benzene rings is 1. The molecular formula is C20H21N3O2S2. The molecule has 0 unspecified atom stereocenters. The average molecular weight is 400 g/mol. The standard InChI is InChI=1S/C20H21N3O2S2/c1-11-7-8-13(9-12(11)2)21-16(24)10-26-20-22-18(25)17-14-5-3-4-6-15(14)27-19(17)23-20/h7-9H,3-6,10H2,1-2H3,(H,21,24)(H,22,23,25). The van der Waals surface area contributed by atoms with Crippen LogP contribution in [-0.2, 0) is 17.6 Å². The van der Waals surface area contributed by atoms with Crippen molar-refractivity contribution in [2.45, 2.75) is 44.7 Å². The molecule has 3 aromatic rings. The predicted octanol–water partition coefficient (Wildman–Crippen LogP) is 4.21. The number of thioether (sulfide) groups is 1. The molecule has 0 spiro atoms. The van der Waals surface area contributed by atoms with Crippen LogP contribution in [0, 0.1) is 13.8 Å². The number of H-pyrrole nitrogens is 1. The lowest BCUT2D eigenvalue weighted by molar-refractivity contribution is -0.113. The summed E-state index contributed by atoms with van der Waals surface area (Å²) in [5.41, 5.74) is 4.21. The summed E-state index contributed by atoms with van der Waals surface area (Å²) in [7, 11) is 0. The topological polar surface area (TPSA) is 74.8 Å². The van der Waals surface area contributed by atoms with Crippen molar-refractivity contribution in [1.82, 2.24) is 9.97 Å². The van der Waals surface area contributed by atoms with Crippen molar-refractivity contribution in [3.63, 3.8) is 0 Å². The van der Waals surface area contributed by atoms with Gasteiger partial charge in [0.2, 0.25) is 5.91 Å². The van der Waals surface area contributed by atoms with Crippen LogP contribution >= 0.6 is 23.1 Å². The lowest BCUT2D eigenvalue weighted by Gasteiger charge is -2.09. The van der Waals surface area contributed by atoms with Crippen LogP contribution in [0.2, 0.25) is 0 Å². The van der Waals surface area contributed by atoms with Gasteiger partial charge in [-0.1, -0.05) is 17.8 Å². The van der Waals surface area contributed by atoms with Crippen molar-refractivity contribution < 1.29 is 4.79 Å². The summed E-state index contributed by atoms with van der Waals surface area (Å²) >= 11 is 2.88. The molecule has 1 aromatic carbocycles. The van der Waals surface area contributed by atoms with Gasteiger partial charge in [-0.3, -0.25) is 9.59 Å². The van der Waals surface area contributed by atoms with E-state index in [0.29, 0.717) is 5.16 Å². The summed E-state index contributed by atoms with van der Waals surface area (Å²) in [6, 6.07) is 5.84. The second kappa shape index (κ2) is 7.48. The summed E-state index contributed by atoms with van der Waals surface area (Å²) in [4.78, 5) is 34.3. The van der Waals surface area contributed by atoms with Crippen LogP contribution in [-0.4, -0.2) is 21.6 Å². The molecule has 27 heavy (non-hydrogen) atoms. The zero-order valence-electron chi connectivity index (χ0n) is 15.3. The number of thiophene rings is 1. The molecule has 4 rings (SSSR count). The van der Waals surface area contributed by atoms with E-state index in [1.54, 1.807) is 11.3 Å². The number of rotatable bonds is 4. The van der Waals surface area contributed by atoms with E-state index in [1.165, 1.54) is 34.2 Å². The summed E-state index contributed by atoms with van der Waals surface area (Å²) in [5.74, 6) is 0.0865. The highest BCUT2D eigenvalue weighted by molar-refractivity contribution is 7.99. The third-order valence-electron chi connectivity index (χ3n) is 4.93. The highest BCUT2D eigenvalue weighted by Crippen LogP contribution is 2.34. The quantitative estimate of drug-likeness (QED) is 0.509. The number of aromatic amines is 1. The minimum absolute atomic E-state index is 0.0866. The van der Waals surface area contributed by atoms with Crippen molar-refractivity contribution in [2.24, 2.45) is 0 Å². The Morgan fingerprint density at radius 2 is 2.07 bits per heavy atom. The largest absolute Gasteiger partial charge is 0.325 e. The molecule has 5 nitrogen and oxygen atoms in total. The predicted molar refractivity (Wildman–Crippen MR) is 112 cm³/mol. The molecule has 2 N–H and O–H groups in total. The molecule has 1 aliphatic carbocycles. The Hall–Kier alpha value is -2.12. The molecule has 0 bridgehead atoms. The number of aryl methyl sites for hydroxylation is 4. The molecule has 0 saturated carbocycles. The van der Waals surface area contributed by atoms with Gasteiger partial charge in [-0.2, -0.15) is 0 Å². The molecule has 1 aliphatic rings. The third-order valence-corrected chi connectivity index (χ3v) is 6.99. The van der Waals surface area contributed by atoms with Crippen molar-refractivity contribution in [1.29, 1.82) is 0 Å². The molecular weight excluding hydrogens is 378 g/mol. The van der Waals surface area contributed by atoms with Crippen molar-refractivity contribution in [3.8, 4) is 0 Å². The Morgan fingerprint density at radius 3 is 2.89 bits per heavy atom. The van der Waals surface area contributed by atoms with Gasteiger partial charge in [0.15, 0.2) is 5.16 Å². The maximum atomic E-state index is 12.5. The lowest BCUT2D eigenvalue weighted by Crippen LogP contribution is -2.16. The molecule has 0 aliphatic heterocycles. The summed E-state index contributed by atoms with van der Waals surface area (Å²) in [6.07, 6.45) is 4.31. The summed E-state index contributed by atoms with van der Waals surface area (Å²) in [5, 5.41) is 4.14. The lowest BCUT2D eigenvalue weighted by atomic mass is 9.97. The van der Waals surface area contributed by atoms with Crippen LogP contribution < -0.4 is 10.9 Å². The van der Waals surface area contributed by atoms with Crippen LogP contribution in [0.5, 0.6) is 0 Å². The first-order valence-corrected chi connectivity index (χ1v) is 10.9. The van der Waals surface area contributed by atoms with Gasteiger partial charge in [-0.15, -0.1) is 11.3 Å². The van der Waals surface area contributed by atoms with E-state index >= 15 is 0 Å². The van der Waals surface area contributed by atoms with Gasteiger partial charge in [0.25, 0.3) is 5.56 Å². The van der Waals surface area contributed by atoms with E-state index < -0.39 is 0 Å². The first-order chi connectivity index (χ1) is 13.0. The van der Waals surface area contributed by atoms with E-state index in [9.17, 15) is 9.59 Å². The molecule has 0 radical (unpaired) electrons. The molecule has 1 amide bonds. The number of fused-ring (bicyclic) bond motifs is 3. The SMILES string of the molecule is Cc1ccc(NC(=O)CSc2nc3sc4c(c3c(=O)[nH]2)CCCC4)cc1C. The zero-order chi connectivity index (χ0) is 19.0. The maximum absolute atomic E-state index is 12.5. The number of nitrogens with one attached hydrogen (secondary N) is 2. The number of hydrogen-bond acceptors (Lipinski definition) is 5. The number of nitrogens with zero attached hydrogens (tertiary/aromatic N) is 1. The van der Waals surface area contributed by atoms with Crippen molar-refractivity contribution in [2.75, 3.05) is 11.1 Å². The third kappa shape index (κ3) is 3.80. The number of anilines is 1. The fraction of sp³-hybridized carbons (Fsp3) is 0.350. The van der Waals surface area contributed by atoms with Gasteiger partial charge in [-0.05, 0) is 68.4 Å². The molecule has 0 saturated heterocycles. The van der Waals surface area contributed by atoms with Crippen molar-refractivity contribution >= 4 is 44.9 Å². The van der Waals surface area contributed by atoms with Crippen LogP contribution in [0.15, 0.2) is 28.2 Å². The number of aromatic nitrogens is 2. The highest BCUT2D eigenvalue weighted by Gasteiger charge is 2.20. The molecule has 0 atom stereocenters. The van der Waals surface area contributed by atoms with E-state index in [-0.39, 0.29) is 17.2 Å². The van der Waals surface area contributed by atoms with Gasteiger partial charge in [0, 0.05) is 10.6 Å². The highest BCUT2D eigenvalue weighted by atomic mass is 32.2. The van der Waals surface area contributed by atoms with E-state index in [1.807, 2.05) is 32.0 Å². The molecule has 0 fully saturated rings. The molecule has 140 valence electrons. The number of hydrogen-bond donors (Lipinski definition) is 2. The zero-order valence-corrected chi connectivity index (χ0v) is 17.0. The Morgan fingerprint density at radius 1 is 1.26 bits per heavy atom. The Balaban J connectivity index is 1.48. The second-order valence-corrected chi connectivity index (χ2v) is 8.95.